The number of amides is 1. The number of benzene rings is 1. The Hall–Kier alpha value is -1.82. The number of rotatable bonds is 3. The molecule has 0 spiro atoms. The minimum absolute atomic E-state index is 0.146. The highest BCUT2D eigenvalue weighted by molar-refractivity contribution is 7.98. The van der Waals surface area contributed by atoms with Gasteiger partial charge in [-0.15, -0.1) is 0 Å². The first-order chi connectivity index (χ1) is 7.77. The summed E-state index contributed by atoms with van der Waals surface area (Å²) in [4.78, 5) is 10.8. The number of hydrogen-bond donors (Lipinski definition) is 1. The molecule has 1 aromatic carbocycles. The third kappa shape index (κ3) is 2.40. The van der Waals surface area contributed by atoms with Crippen molar-refractivity contribution in [1.82, 2.24) is 15.0 Å². The number of nitrogens with one attached hydrogen (secondary N) is 1. The highest BCUT2D eigenvalue weighted by atomic mass is 32.2. The van der Waals surface area contributed by atoms with Crippen molar-refractivity contribution in [2.75, 3.05) is 0 Å². The van der Waals surface area contributed by atoms with E-state index in [-0.39, 0.29) is 5.91 Å². The van der Waals surface area contributed by atoms with Gasteiger partial charge in [0.25, 0.3) is 0 Å². The van der Waals surface area contributed by atoms with Gasteiger partial charge in [-0.25, -0.2) is 4.63 Å². The number of hydrogen-bond acceptors (Lipinski definition) is 5. The average molecular weight is 235 g/mol. The van der Waals surface area contributed by atoms with Crippen LogP contribution < -0.4 is 4.72 Å². The van der Waals surface area contributed by atoms with Crippen LogP contribution in [0.3, 0.4) is 0 Å². The van der Waals surface area contributed by atoms with Gasteiger partial charge in [0, 0.05) is 24.4 Å². The van der Waals surface area contributed by atoms with Gasteiger partial charge in [-0.1, -0.05) is 30.3 Å². The van der Waals surface area contributed by atoms with E-state index in [0.717, 1.165) is 17.5 Å². The van der Waals surface area contributed by atoms with Crippen molar-refractivity contribution in [2.45, 2.75) is 11.9 Å². The van der Waals surface area contributed by atoms with E-state index in [9.17, 15) is 4.79 Å². The predicted molar refractivity (Wildman–Crippen MR) is 59.4 cm³/mol. The summed E-state index contributed by atoms with van der Waals surface area (Å²) in [5.74, 6) is -0.146. The zero-order chi connectivity index (χ0) is 11.4. The standard InChI is InChI=1S/C10H9N3O2S/c1-7(14)13-16-10-9(11-15-12-10)8-5-3-2-4-6-8/h2-6H,1H3,(H,13,14). The fourth-order valence-corrected chi connectivity index (χ4v) is 1.70. The molecule has 1 heterocycles. The molecule has 1 amide bonds. The van der Waals surface area contributed by atoms with Gasteiger partial charge < -0.3 is 0 Å². The summed E-state index contributed by atoms with van der Waals surface area (Å²) in [5.41, 5.74) is 1.52. The molecule has 0 aliphatic carbocycles. The summed E-state index contributed by atoms with van der Waals surface area (Å²) in [6, 6.07) is 9.51. The summed E-state index contributed by atoms with van der Waals surface area (Å²) in [5, 5.41) is 8.08. The smallest absolute Gasteiger partial charge is 0.226 e. The monoisotopic (exact) mass is 235 g/mol. The summed E-state index contributed by atoms with van der Waals surface area (Å²) in [6.45, 7) is 1.43. The van der Waals surface area contributed by atoms with Gasteiger partial charge in [0.2, 0.25) is 5.91 Å². The number of carbonyl (C=O) groups is 1. The molecule has 0 unspecified atom stereocenters. The Morgan fingerprint density at radius 3 is 2.75 bits per heavy atom. The highest BCUT2D eigenvalue weighted by Crippen LogP contribution is 2.25. The quantitative estimate of drug-likeness (QED) is 0.823. The van der Waals surface area contributed by atoms with Gasteiger partial charge in [0.05, 0.1) is 0 Å². The zero-order valence-corrected chi connectivity index (χ0v) is 9.32. The highest BCUT2D eigenvalue weighted by Gasteiger charge is 2.12. The molecule has 16 heavy (non-hydrogen) atoms. The maximum Gasteiger partial charge on any atom is 0.226 e. The van der Waals surface area contributed by atoms with E-state index in [1.807, 2.05) is 30.3 Å². The molecule has 1 aromatic heterocycles. The fourth-order valence-electron chi connectivity index (χ4n) is 1.14. The minimum atomic E-state index is -0.146. The van der Waals surface area contributed by atoms with Crippen LogP contribution in [0.2, 0.25) is 0 Å². The van der Waals surface area contributed by atoms with Gasteiger partial charge in [0.1, 0.15) is 0 Å². The van der Waals surface area contributed by atoms with Crippen LogP contribution >= 0.6 is 11.9 Å². The number of aromatic nitrogens is 2. The van der Waals surface area contributed by atoms with Crippen LogP contribution in [0, 0.1) is 0 Å². The molecule has 0 bridgehead atoms. The third-order valence-corrected chi connectivity index (χ3v) is 2.65. The van der Waals surface area contributed by atoms with E-state index in [0.29, 0.717) is 10.7 Å². The lowest BCUT2D eigenvalue weighted by atomic mass is 10.2. The van der Waals surface area contributed by atoms with Crippen molar-refractivity contribution in [3.63, 3.8) is 0 Å². The SMILES string of the molecule is CC(=O)NSc1nonc1-c1ccccc1. The maximum atomic E-state index is 10.8. The van der Waals surface area contributed by atoms with Crippen LogP contribution in [0.1, 0.15) is 6.92 Å². The van der Waals surface area contributed by atoms with Crippen LogP contribution in [0.4, 0.5) is 0 Å². The van der Waals surface area contributed by atoms with E-state index >= 15 is 0 Å². The second-order valence-corrected chi connectivity index (χ2v) is 3.84. The van der Waals surface area contributed by atoms with Crippen LogP contribution in [-0.4, -0.2) is 16.2 Å². The lowest BCUT2D eigenvalue weighted by molar-refractivity contribution is -0.117. The van der Waals surface area contributed by atoms with E-state index < -0.39 is 0 Å². The Labute approximate surface area is 96.3 Å². The molecule has 6 heteroatoms. The molecule has 1 N–H and O–H groups in total. The lowest BCUT2D eigenvalue weighted by Gasteiger charge is -1.98. The summed E-state index contributed by atoms with van der Waals surface area (Å²) < 4.78 is 7.23. The van der Waals surface area contributed by atoms with Crippen molar-refractivity contribution < 1.29 is 9.42 Å². The van der Waals surface area contributed by atoms with Crippen LogP contribution in [0.15, 0.2) is 40.0 Å². The second-order valence-electron chi connectivity index (χ2n) is 3.04. The second kappa shape index (κ2) is 4.80. The van der Waals surface area contributed by atoms with Crippen molar-refractivity contribution >= 4 is 17.9 Å². The van der Waals surface area contributed by atoms with Crippen molar-refractivity contribution in [2.24, 2.45) is 0 Å². The maximum absolute atomic E-state index is 10.8. The Bertz CT molecular complexity index is 484. The average Bonchev–Trinajstić information content (AvgIpc) is 2.75. The van der Waals surface area contributed by atoms with E-state index in [2.05, 4.69) is 19.7 Å². The Kier molecular flexibility index (Phi) is 3.21. The van der Waals surface area contributed by atoms with E-state index in [4.69, 9.17) is 0 Å². The molecular weight excluding hydrogens is 226 g/mol. The molecule has 0 radical (unpaired) electrons. The summed E-state index contributed by atoms with van der Waals surface area (Å²) in [6.07, 6.45) is 0. The number of carbonyl (C=O) groups excluding carboxylic acids is 1. The molecule has 0 saturated carbocycles. The first-order valence-electron chi connectivity index (χ1n) is 4.59. The van der Waals surface area contributed by atoms with Crippen molar-refractivity contribution in [3.8, 4) is 11.3 Å². The van der Waals surface area contributed by atoms with Crippen molar-refractivity contribution in [3.05, 3.63) is 30.3 Å². The summed E-state index contributed by atoms with van der Waals surface area (Å²) >= 11 is 1.09. The molecule has 0 saturated heterocycles. The summed E-state index contributed by atoms with van der Waals surface area (Å²) in [7, 11) is 0. The van der Waals surface area contributed by atoms with Gasteiger partial charge in [0.15, 0.2) is 10.7 Å². The molecule has 0 aliphatic rings. The minimum Gasteiger partial charge on any atom is -0.295 e. The first kappa shape index (κ1) is 10.7. The zero-order valence-electron chi connectivity index (χ0n) is 8.51. The van der Waals surface area contributed by atoms with Gasteiger partial charge in [-0.3, -0.25) is 9.52 Å². The van der Waals surface area contributed by atoms with Crippen LogP contribution in [0.25, 0.3) is 11.3 Å². The van der Waals surface area contributed by atoms with Gasteiger partial charge in [-0.05, 0) is 10.3 Å². The van der Waals surface area contributed by atoms with E-state index in [1.165, 1.54) is 6.92 Å². The van der Waals surface area contributed by atoms with Gasteiger partial charge >= 0.3 is 0 Å². The molecule has 0 aliphatic heterocycles. The fraction of sp³-hybridized carbons (Fsp3) is 0.100. The Balaban J connectivity index is 2.23. The lowest BCUT2D eigenvalue weighted by Crippen LogP contribution is -2.10. The Morgan fingerprint density at radius 1 is 1.31 bits per heavy atom. The normalized spacial score (nSPS) is 10.1. The third-order valence-electron chi connectivity index (χ3n) is 1.80. The first-order valence-corrected chi connectivity index (χ1v) is 5.40. The predicted octanol–water partition coefficient (Wildman–Crippen LogP) is 1.88. The molecule has 0 atom stereocenters. The van der Waals surface area contributed by atoms with E-state index in [1.54, 1.807) is 0 Å². The van der Waals surface area contributed by atoms with Gasteiger partial charge in [-0.2, -0.15) is 0 Å². The molecule has 2 aromatic rings. The molecule has 82 valence electrons. The molecular formula is C10H9N3O2S. The topological polar surface area (TPSA) is 68.0 Å². The van der Waals surface area contributed by atoms with Crippen molar-refractivity contribution in [1.29, 1.82) is 0 Å². The Morgan fingerprint density at radius 2 is 2.06 bits per heavy atom. The molecule has 0 fully saturated rings. The van der Waals surface area contributed by atoms with Crippen LogP contribution in [-0.2, 0) is 4.79 Å². The molecule has 5 nitrogen and oxygen atoms in total. The largest absolute Gasteiger partial charge is 0.295 e. The number of nitrogens with zero attached hydrogens (tertiary/aromatic N) is 2. The molecule has 2 rings (SSSR count). The van der Waals surface area contributed by atoms with Crippen LogP contribution in [0.5, 0.6) is 0 Å².